The first-order chi connectivity index (χ1) is 12.1. The van der Waals surface area contributed by atoms with Crippen LogP contribution in [0.1, 0.15) is 13.8 Å². The van der Waals surface area contributed by atoms with Crippen molar-refractivity contribution in [1.82, 2.24) is 19.7 Å². The number of hydrogen-bond acceptors (Lipinski definition) is 6. The average molecular weight is 377 g/mol. The quantitative estimate of drug-likeness (QED) is 0.664. The molecule has 9 heteroatoms. The number of benzene rings is 1. The van der Waals surface area contributed by atoms with Gasteiger partial charge in [0.1, 0.15) is 5.82 Å². The minimum absolute atomic E-state index is 0.168. The number of halogens is 1. The molecule has 0 unspecified atom stereocenters. The molecule has 0 bridgehead atoms. The van der Waals surface area contributed by atoms with E-state index in [0.29, 0.717) is 28.2 Å². The second-order valence-electron chi connectivity index (χ2n) is 5.12. The van der Waals surface area contributed by atoms with Crippen LogP contribution in [-0.4, -0.2) is 30.9 Å². The monoisotopic (exact) mass is 377 g/mol. The lowest BCUT2D eigenvalue weighted by atomic mass is 10.2. The molecule has 1 N–H and O–H groups in total. The molecule has 3 aromatic rings. The fourth-order valence-corrected chi connectivity index (χ4v) is 3.65. The molecule has 6 nitrogen and oxygen atoms in total. The summed E-state index contributed by atoms with van der Waals surface area (Å²) < 4.78 is 15.8. The molecule has 130 valence electrons. The first-order valence-corrected chi connectivity index (χ1v) is 9.41. The summed E-state index contributed by atoms with van der Waals surface area (Å²) in [5.41, 5.74) is 0.392. The number of carbonyl (C=O) groups is 1. The van der Waals surface area contributed by atoms with E-state index in [2.05, 4.69) is 20.5 Å². The summed E-state index contributed by atoms with van der Waals surface area (Å²) in [6.45, 7) is 4.28. The van der Waals surface area contributed by atoms with Crippen LogP contribution in [0, 0.1) is 5.82 Å². The predicted molar refractivity (Wildman–Crippen MR) is 97.2 cm³/mol. The van der Waals surface area contributed by atoms with Crippen LogP contribution in [0.5, 0.6) is 0 Å². The van der Waals surface area contributed by atoms with Crippen LogP contribution in [0.3, 0.4) is 0 Å². The summed E-state index contributed by atoms with van der Waals surface area (Å²) >= 11 is 2.64. The molecule has 3 rings (SSSR count). The number of thiazole rings is 1. The highest BCUT2D eigenvalue weighted by atomic mass is 32.2. The highest BCUT2D eigenvalue weighted by Gasteiger charge is 2.21. The fourth-order valence-electron chi connectivity index (χ4n) is 2.21. The molecule has 0 saturated heterocycles. The van der Waals surface area contributed by atoms with Gasteiger partial charge in [-0.1, -0.05) is 23.9 Å². The summed E-state index contributed by atoms with van der Waals surface area (Å²) in [5, 5.41) is 13.5. The van der Waals surface area contributed by atoms with Crippen molar-refractivity contribution in [3.8, 4) is 11.4 Å². The van der Waals surface area contributed by atoms with Gasteiger partial charge >= 0.3 is 0 Å². The van der Waals surface area contributed by atoms with Crippen LogP contribution < -0.4 is 5.32 Å². The lowest BCUT2D eigenvalue weighted by Crippen LogP contribution is -2.22. The van der Waals surface area contributed by atoms with Gasteiger partial charge in [0.25, 0.3) is 0 Å². The number of rotatable bonds is 6. The van der Waals surface area contributed by atoms with Crippen LogP contribution in [0.2, 0.25) is 0 Å². The Kier molecular flexibility index (Phi) is 5.44. The number of anilines is 1. The maximum Gasteiger partial charge on any atom is 0.239 e. The van der Waals surface area contributed by atoms with E-state index >= 15 is 0 Å². The smallest absolute Gasteiger partial charge is 0.239 e. The molecule has 0 fully saturated rings. The third-order valence-electron chi connectivity index (χ3n) is 3.46. The topological polar surface area (TPSA) is 72.7 Å². The molecule has 2 aromatic heterocycles. The summed E-state index contributed by atoms with van der Waals surface area (Å²) in [4.78, 5) is 16.3. The van der Waals surface area contributed by atoms with Crippen molar-refractivity contribution < 1.29 is 9.18 Å². The number of carbonyl (C=O) groups excluding carboxylic acids is 1. The molecule has 2 heterocycles. The van der Waals surface area contributed by atoms with Gasteiger partial charge in [-0.05, 0) is 26.0 Å². The number of nitrogens with zero attached hydrogens (tertiary/aromatic N) is 4. The molecule has 0 aliphatic rings. The third kappa shape index (κ3) is 3.88. The third-order valence-corrected chi connectivity index (χ3v) is 5.23. The minimum atomic E-state index is -0.396. The lowest BCUT2D eigenvalue weighted by molar-refractivity contribution is -0.115. The van der Waals surface area contributed by atoms with E-state index in [9.17, 15) is 9.18 Å². The number of nitrogens with one attached hydrogen (secondary N) is 1. The lowest BCUT2D eigenvalue weighted by Gasteiger charge is -2.11. The second-order valence-corrected chi connectivity index (χ2v) is 7.32. The van der Waals surface area contributed by atoms with Crippen LogP contribution in [0.15, 0.2) is 41.0 Å². The number of thioether (sulfide) groups is 1. The maximum absolute atomic E-state index is 14.0. The van der Waals surface area contributed by atoms with E-state index in [0.717, 1.165) is 0 Å². The molecule has 0 aliphatic heterocycles. The van der Waals surface area contributed by atoms with Gasteiger partial charge in [0.2, 0.25) is 5.91 Å². The van der Waals surface area contributed by atoms with E-state index in [1.165, 1.54) is 29.2 Å². The molecule has 25 heavy (non-hydrogen) atoms. The second kappa shape index (κ2) is 7.75. The maximum atomic E-state index is 14.0. The number of amides is 1. The zero-order chi connectivity index (χ0) is 17.8. The van der Waals surface area contributed by atoms with E-state index < -0.39 is 5.25 Å². The SMILES string of the molecule is CCn1c(S[C@@H](C)C(=O)Nc2nccs2)nnc1-c1ccccc1F. The van der Waals surface area contributed by atoms with Gasteiger partial charge < -0.3 is 9.88 Å². The van der Waals surface area contributed by atoms with Gasteiger partial charge in [-0.15, -0.1) is 21.5 Å². The van der Waals surface area contributed by atoms with Crippen LogP contribution in [-0.2, 0) is 11.3 Å². The number of aromatic nitrogens is 4. The Balaban J connectivity index is 1.79. The first-order valence-electron chi connectivity index (χ1n) is 7.65. The number of hydrogen-bond donors (Lipinski definition) is 1. The molecule has 0 radical (unpaired) electrons. The Labute approximate surface area is 152 Å². The van der Waals surface area contributed by atoms with E-state index in [4.69, 9.17) is 0 Å². The highest BCUT2D eigenvalue weighted by Crippen LogP contribution is 2.28. The Morgan fingerprint density at radius 1 is 1.40 bits per heavy atom. The van der Waals surface area contributed by atoms with Crippen molar-refractivity contribution >= 4 is 34.1 Å². The van der Waals surface area contributed by atoms with Gasteiger partial charge in [-0.3, -0.25) is 4.79 Å². The van der Waals surface area contributed by atoms with Crippen LogP contribution in [0.4, 0.5) is 9.52 Å². The summed E-state index contributed by atoms with van der Waals surface area (Å²) in [5.74, 6) is -0.0654. The largest absolute Gasteiger partial charge is 0.302 e. The van der Waals surface area contributed by atoms with Crippen LogP contribution in [0.25, 0.3) is 11.4 Å². The Bertz CT molecular complexity index is 865. The normalized spacial score (nSPS) is 12.1. The van der Waals surface area contributed by atoms with Gasteiger partial charge in [0.15, 0.2) is 16.1 Å². The van der Waals surface area contributed by atoms with E-state index in [-0.39, 0.29) is 11.7 Å². The van der Waals surface area contributed by atoms with Crippen LogP contribution >= 0.6 is 23.1 Å². The summed E-state index contributed by atoms with van der Waals surface area (Å²) in [6, 6.07) is 6.44. The summed E-state index contributed by atoms with van der Waals surface area (Å²) in [7, 11) is 0. The fraction of sp³-hybridized carbons (Fsp3) is 0.250. The molecule has 0 spiro atoms. The minimum Gasteiger partial charge on any atom is -0.302 e. The van der Waals surface area contributed by atoms with E-state index in [1.54, 1.807) is 41.3 Å². The average Bonchev–Trinajstić information content (AvgIpc) is 3.24. The van der Waals surface area contributed by atoms with Crippen molar-refractivity contribution in [2.24, 2.45) is 0 Å². The van der Waals surface area contributed by atoms with Gasteiger partial charge in [-0.2, -0.15) is 0 Å². The van der Waals surface area contributed by atoms with Crippen molar-refractivity contribution in [3.63, 3.8) is 0 Å². The summed E-state index contributed by atoms with van der Waals surface area (Å²) in [6.07, 6.45) is 1.63. The van der Waals surface area contributed by atoms with Crippen molar-refractivity contribution in [1.29, 1.82) is 0 Å². The Morgan fingerprint density at radius 3 is 2.88 bits per heavy atom. The zero-order valence-corrected chi connectivity index (χ0v) is 15.3. The van der Waals surface area contributed by atoms with Gasteiger partial charge in [0.05, 0.1) is 10.8 Å². The Hall–Kier alpha value is -2.26. The molecule has 0 saturated carbocycles. The zero-order valence-electron chi connectivity index (χ0n) is 13.6. The first kappa shape index (κ1) is 17.6. The molecular weight excluding hydrogens is 361 g/mol. The standard InChI is InChI=1S/C16H16FN5OS2/c1-3-22-13(11-6-4-5-7-12(11)17)20-21-16(22)25-10(2)14(23)19-15-18-8-9-24-15/h4-10H,3H2,1-2H3,(H,18,19,23)/t10-/m0/s1. The van der Waals surface area contributed by atoms with E-state index in [1.807, 2.05) is 6.92 Å². The molecule has 1 atom stereocenters. The highest BCUT2D eigenvalue weighted by molar-refractivity contribution is 8.00. The molecular formula is C16H16FN5OS2. The molecule has 0 aliphatic carbocycles. The van der Waals surface area contributed by atoms with Crippen molar-refractivity contribution in [3.05, 3.63) is 41.7 Å². The van der Waals surface area contributed by atoms with Gasteiger partial charge in [0, 0.05) is 18.1 Å². The van der Waals surface area contributed by atoms with Crippen molar-refractivity contribution in [2.45, 2.75) is 30.8 Å². The van der Waals surface area contributed by atoms with Gasteiger partial charge in [-0.25, -0.2) is 9.37 Å². The predicted octanol–water partition coefficient (Wildman–Crippen LogP) is 3.68. The molecule has 1 aromatic carbocycles. The molecule has 1 amide bonds. The van der Waals surface area contributed by atoms with Crippen molar-refractivity contribution in [2.75, 3.05) is 5.32 Å². The Morgan fingerprint density at radius 2 is 2.20 bits per heavy atom.